The van der Waals surface area contributed by atoms with E-state index in [1.807, 2.05) is 0 Å². The van der Waals surface area contributed by atoms with Crippen LogP contribution in [0, 0.1) is 11.8 Å². The minimum Gasteiger partial charge on any atom is -0.496 e. The van der Waals surface area contributed by atoms with Gasteiger partial charge >= 0.3 is 0 Å². The molecule has 0 saturated heterocycles. The molecule has 2 N–H and O–H groups in total. The fraction of sp³-hybridized carbons (Fsp3) is 0.442. The Balaban J connectivity index is 1.36. The second-order valence-corrected chi connectivity index (χ2v) is 14.7. The lowest BCUT2D eigenvalue weighted by Crippen LogP contribution is -2.66. The highest BCUT2D eigenvalue weighted by Crippen LogP contribution is 2.54. The van der Waals surface area contributed by atoms with Crippen molar-refractivity contribution in [3.05, 3.63) is 130 Å². The highest BCUT2D eigenvalue weighted by molar-refractivity contribution is 5.40. The third-order valence-corrected chi connectivity index (χ3v) is 11.2. The maximum absolute atomic E-state index is 5.86. The van der Waals surface area contributed by atoms with E-state index in [9.17, 15) is 0 Å². The second kappa shape index (κ2) is 15.6. The average Bonchev–Trinajstić information content (AvgIpc) is 3.14. The number of rotatable bonds is 14. The van der Waals surface area contributed by atoms with Crippen LogP contribution in [0.15, 0.2) is 107 Å². The van der Waals surface area contributed by atoms with Gasteiger partial charge in [-0.05, 0) is 83.9 Å². The summed E-state index contributed by atoms with van der Waals surface area (Å²) in [4.78, 5) is 0. The fourth-order valence-electron chi connectivity index (χ4n) is 8.47. The SMILES string of the molecule is COc1ccc(C(C)C)cc1CN=NNC12CCC(CC1)C(NCc1cc(C(C)C)ccc1OC)C2C(c1ccccc1)c1ccccc1. The van der Waals surface area contributed by atoms with Gasteiger partial charge in [0.25, 0.3) is 0 Å². The predicted octanol–water partition coefficient (Wildman–Crippen LogP) is 9.96. The first-order chi connectivity index (χ1) is 23.8. The van der Waals surface area contributed by atoms with Crippen molar-refractivity contribution < 1.29 is 9.47 Å². The zero-order valence-corrected chi connectivity index (χ0v) is 30.2. The van der Waals surface area contributed by atoms with Crippen molar-refractivity contribution in [2.24, 2.45) is 22.2 Å². The summed E-state index contributed by atoms with van der Waals surface area (Å²) in [7, 11) is 3.50. The lowest BCUT2D eigenvalue weighted by molar-refractivity contribution is -0.00942. The average molecular weight is 659 g/mol. The molecule has 0 aliphatic heterocycles. The van der Waals surface area contributed by atoms with Crippen molar-refractivity contribution in [2.45, 2.75) is 95.8 Å². The molecule has 0 aromatic heterocycles. The summed E-state index contributed by atoms with van der Waals surface area (Å²) in [6.45, 7) is 10.1. The summed E-state index contributed by atoms with van der Waals surface area (Å²) in [5, 5.41) is 13.7. The lowest BCUT2D eigenvalue weighted by Gasteiger charge is -2.58. The molecule has 6 heteroatoms. The van der Waals surface area contributed by atoms with E-state index in [0.29, 0.717) is 24.3 Å². The van der Waals surface area contributed by atoms with Crippen LogP contribution >= 0.6 is 0 Å². The van der Waals surface area contributed by atoms with Gasteiger partial charge < -0.3 is 14.8 Å². The van der Waals surface area contributed by atoms with Crippen LogP contribution in [0.1, 0.15) is 105 Å². The predicted molar refractivity (Wildman–Crippen MR) is 199 cm³/mol. The van der Waals surface area contributed by atoms with Crippen LogP contribution in [-0.4, -0.2) is 25.8 Å². The van der Waals surface area contributed by atoms with Gasteiger partial charge in [0.05, 0.1) is 26.3 Å². The number of nitrogens with zero attached hydrogens (tertiary/aromatic N) is 2. The van der Waals surface area contributed by atoms with E-state index in [0.717, 1.165) is 49.3 Å². The Morgan fingerprint density at radius 3 is 1.76 bits per heavy atom. The number of methoxy groups -OCH3 is 2. The van der Waals surface area contributed by atoms with Crippen LogP contribution in [0.2, 0.25) is 0 Å². The first-order valence-corrected chi connectivity index (χ1v) is 18.1. The van der Waals surface area contributed by atoms with Crippen LogP contribution in [0.5, 0.6) is 11.5 Å². The highest BCUT2D eigenvalue weighted by Gasteiger charge is 2.56. The Morgan fingerprint density at radius 2 is 1.22 bits per heavy atom. The molecule has 2 atom stereocenters. The maximum Gasteiger partial charge on any atom is 0.124 e. The zero-order chi connectivity index (χ0) is 34.4. The van der Waals surface area contributed by atoms with Gasteiger partial charge in [0.1, 0.15) is 11.5 Å². The van der Waals surface area contributed by atoms with Gasteiger partial charge in [-0.25, -0.2) is 0 Å². The normalized spacial score (nSPS) is 21.9. The Morgan fingerprint density at radius 1 is 0.694 bits per heavy atom. The highest BCUT2D eigenvalue weighted by atomic mass is 16.5. The molecule has 4 aromatic rings. The van der Waals surface area contributed by atoms with E-state index in [1.54, 1.807) is 14.2 Å². The molecule has 7 rings (SSSR count). The molecule has 3 aliphatic rings. The van der Waals surface area contributed by atoms with Gasteiger partial charge in [0, 0.05) is 35.5 Å². The summed E-state index contributed by atoms with van der Waals surface area (Å²) in [5.74, 6) is 3.67. The standard InChI is InChI=1S/C43H54N4O2/c1-29(2)34-17-19-38(48-5)36(25-34)27-44-42-33-21-23-43(24-22-33,46-47-45-28-37-26-35(30(3)4)18-20-39(37)49-6)41(42)40(31-13-9-7-10-14-31)32-15-11-8-12-16-32/h7-20,25-26,29-30,33,40-42,44H,21-24,27-28H2,1-6H3,(H,45,46). The zero-order valence-electron chi connectivity index (χ0n) is 30.2. The molecule has 258 valence electrons. The quantitative estimate of drug-likeness (QED) is 0.105. The van der Waals surface area contributed by atoms with Crippen LogP contribution in [0.3, 0.4) is 0 Å². The smallest absolute Gasteiger partial charge is 0.124 e. The van der Waals surface area contributed by atoms with E-state index in [-0.39, 0.29) is 23.4 Å². The first-order valence-electron chi connectivity index (χ1n) is 18.1. The Kier molecular flexibility index (Phi) is 11.0. The van der Waals surface area contributed by atoms with Gasteiger partial charge in [-0.2, -0.15) is 5.11 Å². The Labute approximate surface area is 293 Å². The molecular formula is C43H54N4O2. The molecule has 3 aliphatic carbocycles. The van der Waals surface area contributed by atoms with Crippen molar-refractivity contribution in [3.63, 3.8) is 0 Å². The van der Waals surface area contributed by atoms with Crippen molar-refractivity contribution in [1.82, 2.24) is 10.7 Å². The third kappa shape index (κ3) is 7.55. The summed E-state index contributed by atoms with van der Waals surface area (Å²) >= 11 is 0. The van der Waals surface area contributed by atoms with E-state index in [1.165, 1.54) is 27.8 Å². The van der Waals surface area contributed by atoms with Crippen molar-refractivity contribution in [2.75, 3.05) is 14.2 Å². The van der Waals surface area contributed by atoms with E-state index in [2.05, 4.69) is 135 Å². The molecule has 0 heterocycles. The van der Waals surface area contributed by atoms with Crippen LogP contribution in [0.4, 0.5) is 0 Å². The topological polar surface area (TPSA) is 67.2 Å². The summed E-state index contributed by atoms with van der Waals surface area (Å²) in [6, 6.07) is 35.5. The maximum atomic E-state index is 5.86. The molecule has 3 fully saturated rings. The Bertz CT molecular complexity index is 1640. The van der Waals surface area contributed by atoms with E-state index in [4.69, 9.17) is 19.8 Å². The van der Waals surface area contributed by atoms with Gasteiger partial charge in [-0.1, -0.05) is 112 Å². The molecule has 0 spiro atoms. The first kappa shape index (κ1) is 34.7. The van der Waals surface area contributed by atoms with Crippen molar-refractivity contribution >= 4 is 0 Å². The van der Waals surface area contributed by atoms with E-state index < -0.39 is 0 Å². The number of nitrogens with one attached hydrogen (secondary N) is 2. The third-order valence-electron chi connectivity index (χ3n) is 11.2. The molecule has 49 heavy (non-hydrogen) atoms. The van der Waals surface area contributed by atoms with Crippen LogP contribution in [0.25, 0.3) is 0 Å². The monoisotopic (exact) mass is 658 g/mol. The number of fused-ring (bicyclic) bond motifs is 3. The van der Waals surface area contributed by atoms with Gasteiger partial charge in [0.2, 0.25) is 0 Å². The molecule has 0 radical (unpaired) electrons. The van der Waals surface area contributed by atoms with Gasteiger partial charge in [-0.3, -0.25) is 5.43 Å². The summed E-state index contributed by atoms with van der Waals surface area (Å²) in [5.41, 5.74) is 11.1. The molecule has 2 unspecified atom stereocenters. The number of hydrogen-bond acceptors (Lipinski definition) is 5. The van der Waals surface area contributed by atoms with E-state index >= 15 is 0 Å². The molecule has 4 aromatic carbocycles. The minimum atomic E-state index is -0.222. The van der Waals surface area contributed by atoms with Gasteiger partial charge in [-0.15, -0.1) is 0 Å². The summed E-state index contributed by atoms with van der Waals surface area (Å²) < 4.78 is 11.6. The molecule has 3 saturated carbocycles. The minimum absolute atomic E-state index is 0.178. The lowest BCUT2D eigenvalue weighted by atomic mass is 9.52. The number of ether oxygens (including phenoxy) is 2. The molecular weight excluding hydrogens is 604 g/mol. The second-order valence-electron chi connectivity index (χ2n) is 14.7. The molecule has 2 bridgehead atoms. The summed E-state index contributed by atoms with van der Waals surface area (Å²) in [6.07, 6.45) is 4.43. The van der Waals surface area contributed by atoms with Crippen molar-refractivity contribution in [1.29, 1.82) is 0 Å². The fourth-order valence-corrected chi connectivity index (χ4v) is 8.47. The number of benzene rings is 4. The number of hydrogen-bond donors (Lipinski definition) is 2. The van der Waals surface area contributed by atoms with Gasteiger partial charge in [0.15, 0.2) is 0 Å². The van der Waals surface area contributed by atoms with Crippen LogP contribution < -0.4 is 20.2 Å². The molecule has 6 nitrogen and oxygen atoms in total. The van der Waals surface area contributed by atoms with Crippen molar-refractivity contribution in [3.8, 4) is 11.5 Å². The largest absolute Gasteiger partial charge is 0.496 e. The molecule has 0 amide bonds. The van der Waals surface area contributed by atoms with Crippen LogP contribution in [-0.2, 0) is 13.1 Å². The Hall–Kier alpha value is -4.16.